The van der Waals surface area contributed by atoms with Crippen molar-refractivity contribution in [3.8, 4) is 0 Å². The molecule has 5 aliphatic heterocycles. The van der Waals surface area contributed by atoms with Gasteiger partial charge in [-0.05, 0) is 5.69 Å². The van der Waals surface area contributed by atoms with E-state index in [9.17, 15) is 38.3 Å². The maximum atomic E-state index is 12.6. The summed E-state index contributed by atoms with van der Waals surface area (Å²) in [5.74, 6) is 1.07. The maximum absolute atomic E-state index is 12.6. The van der Waals surface area contributed by atoms with Crippen LogP contribution in [0.15, 0.2) is 6.20 Å². The van der Waals surface area contributed by atoms with Gasteiger partial charge in [-0.3, -0.25) is 23.4 Å². The summed E-state index contributed by atoms with van der Waals surface area (Å²) in [5, 5.41) is 26.8. The number of thioether (sulfide) groups is 1. The molecule has 4 N–H and O–H groups in total. The SMILES string of the molecule is O=C1N[C@H]2[C@H](CS[C@H]2CCCC[C-]=[W])N1.[B][C@@H]1O[C@@H]2COP(=O)(O)OC3[C@@H](COP(=O)([O-])O[C@@H]2C1O)O[C@@H]([B])[C@H]3OP(=O)([O-])OCc1c[n-]nn1.[Y]. The van der Waals surface area contributed by atoms with Crippen LogP contribution in [0.5, 0.6) is 0 Å². The first-order valence-corrected chi connectivity index (χ1v) is 22.3. The Hall–Kier alpha value is 0.762. The van der Waals surface area contributed by atoms with Crippen molar-refractivity contribution in [3.05, 3.63) is 11.9 Å². The van der Waals surface area contributed by atoms with Crippen LogP contribution in [-0.2, 0) is 109 Å². The molecule has 14 atom stereocenters. The van der Waals surface area contributed by atoms with E-state index in [0.717, 1.165) is 18.4 Å². The van der Waals surface area contributed by atoms with Crippen molar-refractivity contribution in [2.24, 2.45) is 0 Å². The number of nitrogens with one attached hydrogen (secondary N) is 2. The van der Waals surface area contributed by atoms with E-state index in [1.165, 1.54) is 38.6 Å². The van der Waals surface area contributed by atoms with Gasteiger partial charge in [0.2, 0.25) is 0 Å². The second-order valence-electron chi connectivity index (χ2n) is 11.6. The first kappa shape index (κ1) is 45.5. The van der Waals surface area contributed by atoms with E-state index in [1.54, 1.807) is 0 Å². The summed E-state index contributed by atoms with van der Waals surface area (Å²) < 4.78 is 79.8. The third-order valence-electron chi connectivity index (χ3n) is 8.03. The van der Waals surface area contributed by atoms with Crippen LogP contribution in [0.1, 0.15) is 31.4 Å². The number of aromatic nitrogens is 3. The fourth-order valence-electron chi connectivity index (χ4n) is 5.64. The Kier molecular flexibility index (Phi) is 17.4. The number of aliphatic hydroxyl groups excluding tert-OH is 1. The van der Waals surface area contributed by atoms with Crippen LogP contribution in [0.3, 0.4) is 0 Å². The summed E-state index contributed by atoms with van der Waals surface area (Å²) >= 11 is 3.45. The van der Waals surface area contributed by atoms with Gasteiger partial charge < -0.3 is 57.6 Å². The van der Waals surface area contributed by atoms with Gasteiger partial charge >= 0.3 is 114 Å². The molecule has 6 rings (SSSR count). The minimum Gasteiger partial charge on any atom is -0.756 e. The predicted octanol–water partition coefficient (Wildman–Crippen LogP) is -2.73. The van der Waals surface area contributed by atoms with Gasteiger partial charge in [0.1, 0.15) is 52.3 Å². The molecule has 1 aromatic rings. The fourth-order valence-corrected chi connectivity index (χ4v) is 10.5. The molecule has 0 spiro atoms. The van der Waals surface area contributed by atoms with Crippen molar-refractivity contribution in [1.82, 2.24) is 26.0 Å². The molecule has 5 unspecified atom stereocenters. The molecule has 52 heavy (non-hydrogen) atoms. The summed E-state index contributed by atoms with van der Waals surface area (Å²) in [5.41, 5.74) is 0.0481. The molecule has 2 amide bonds. The van der Waals surface area contributed by atoms with Crippen molar-refractivity contribution < 1.29 is 127 Å². The van der Waals surface area contributed by atoms with E-state index in [1.807, 2.05) is 11.8 Å². The van der Waals surface area contributed by atoms with Crippen molar-refractivity contribution in [2.45, 2.75) is 98.3 Å². The molecule has 1 aromatic heterocycles. The van der Waals surface area contributed by atoms with Gasteiger partial charge in [-0.2, -0.15) is 0 Å². The first-order valence-electron chi connectivity index (χ1n) is 15.3. The molecule has 5 fully saturated rings. The van der Waals surface area contributed by atoms with E-state index in [2.05, 4.69) is 35.0 Å². The molecule has 5 aliphatic rings. The number of unbranched alkanes of at least 4 members (excludes halogenated alkanes) is 2. The molecule has 285 valence electrons. The molecule has 21 nitrogen and oxygen atoms in total. The minimum absolute atomic E-state index is 0. The minimum atomic E-state index is -5.18. The molecule has 5 radical (unpaired) electrons. The molecule has 29 heteroatoms. The standard InChI is InChI=1S/C13H19B2N3O15P3.C10H15N2OS.W.Y/c14-12-8(19)9-6(29-12)3-27-36(24,25)32-10-7(4-28-35(22,23)31-9)30-13(15)11(10)33-34(20,21)26-2-5-1-16-18-17-5;1-2-3-4-5-8-9-7(6-14-8)11-10(13)12-9;;/h1,6-13,19H,2-4H2,(H3-,16,17,18,20,21,22,23,24,25);7-9H,2-6H2,(H2,11,12,13);;/q2*-1;;/p-2/t6-,7-,8?,9+,10?,11+,12-,13-;7-,8-,9-;;/m10../s1. The zero-order chi connectivity index (χ0) is 37.0. The van der Waals surface area contributed by atoms with Gasteiger partial charge in [-0.1, -0.05) is 6.20 Å². The van der Waals surface area contributed by atoms with Crippen molar-refractivity contribution in [1.29, 1.82) is 0 Å². The Morgan fingerprint density at radius 2 is 1.87 bits per heavy atom. The zero-order valence-electron chi connectivity index (χ0n) is 26.9. The monoisotopic (exact) mass is 1050 g/mol. The van der Waals surface area contributed by atoms with Gasteiger partial charge in [0.15, 0.2) is 0 Å². The Labute approximate surface area is 341 Å². The smallest absolute Gasteiger partial charge is 0.472 e. The summed E-state index contributed by atoms with van der Waals surface area (Å²) in [6.45, 7) is -2.38. The number of aliphatic hydroxyl groups is 1. The second-order valence-corrected chi connectivity index (χ2v) is 18.1. The summed E-state index contributed by atoms with van der Waals surface area (Å²) in [7, 11) is -4.13. The van der Waals surface area contributed by atoms with Gasteiger partial charge in [0, 0.05) is 44.7 Å². The fraction of sp³-hybridized carbons (Fsp3) is 0.826. The molecule has 0 aliphatic carbocycles. The quantitative estimate of drug-likeness (QED) is 0.0608. The predicted molar refractivity (Wildman–Crippen MR) is 166 cm³/mol. The van der Waals surface area contributed by atoms with Gasteiger partial charge in [-0.15, -0.1) is 0 Å². The number of rotatable bonds is 10. The number of phosphoric ester groups is 3. The van der Waals surface area contributed by atoms with Crippen LogP contribution < -0.4 is 25.5 Å². The number of nitrogens with zero attached hydrogens (tertiary/aromatic N) is 3. The number of ether oxygens (including phenoxy) is 2. The summed E-state index contributed by atoms with van der Waals surface area (Å²) in [6, 6.07) is -2.26. The molecule has 6 heterocycles. The largest absolute Gasteiger partial charge is 0.756 e. The van der Waals surface area contributed by atoms with Crippen LogP contribution in [0.4, 0.5) is 4.79 Å². The van der Waals surface area contributed by atoms with Crippen LogP contribution in [0, 0.1) is 0 Å². The number of urea groups is 1. The average molecular weight is 1050 g/mol. The Morgan fingerprint density at radius 1 is 1.15 bits per heavy atom. The topological polar surface area (TPSA) is 293 Å². The number of amides is 2. The van der Waals surface area contributed by atoms with E-state index in [-0.39, 0.29) is 44.4 Å². The van der Waals surface area contributed by atoms with Crippen LogP contribution >= 0.6 is 35.2 Å². The van der Waals surface area contributed by atoms with Gasteiger partial charge in [-0.25, -0.2) is 4.57 Å². The van der Waals surface area contributed by atoms with Crippen molar-refractivity contribution >= 4 is 61.4 Å². The normalized spacial score (nSPS) is 41.2. The summed E-state index contributed by atoms with van der Waals surface area (Å²) in [6.07, 6.45) is -3.97. The first-order chi connectivity index (χ1) is 24.1. The molecule has 0 bridgehead atoms. The molecular weight excluding hydrogens is 1020 g/mol. The van der Waals surface area contributed by atoms with Crippen LogP contribution in [-0.4, -0.2) is 131 Å². The second kappa shape index (κ2) is 20.0. The van der Waals surface area contributed by atoms with Crippen LogP contribution in [0.2, 0.25) is 0 Å². The number of fused-ring (bicyclic) bond motifs is 3. The molecule has 0 aromatic carbocycles. The van der Waals surface area contributed by atoms with Crippen molar-refractivity contribution in [2.75, 3.05) is 19.0 Å². The van der Waals surface area contributed by atoms with Crippen molar-refractivity contribution in [3.63, 3.8) is 0 Å². The summed E-state index contributed by atoms with van der Waals surface area (Å²) in [4.78, 5) is 46.0. The van der Waals surface area contributed by atoms with E-state index in [0.29, 0.717) is 17.3 Å². The third kappa shape index (κ3) is 12.6. The van der Waals surface area contributed by atoms with E-state index >= 15 is 0 Å². The number of phosphoric acid groups is 3. The Bertz CT molecular complexity index is 1500. The maximum Gasteiger partial charge on any atom is 0.472 e. The third-order valence-corrected chi connectivity index (χ3v) is 13.2. The Balaban J connectivity index is 0.000000316. The number of hydrogen-bond donors (Lipinski definition) is 4. The molecule has 5 saturated heterocycles. The zero-order valence-corrected chi connectivity index (χ0v) is 36.2. The average Bonchev–Trinajstić information content (AvgIpc) is 3.88. The number of hydrogen-bond acceptors (Lipinski definition) is 18. The molecule has 0 saturated carbocycles. The van der Waals surface area contributed by atoms with Gasteiger partial charge in [0.05, 0.1) is 19.8 Å². The Morgan fingerprint density at radius 3 is 2.58 bits per heavy atom. The van der Waals surface area contributed by atoms with Crippen LogP contribution in [0.25, 0.3) is 0 Å². The molecular formula is C23H32B2N5O16P3SWY-4. The number of carbonyl (C=O) groups is 1. The number of carbonyl (C=O) groups excluding carboxylic acids is 1. The van der Waals surface area contributed by atoms with E-state index < -0.39 is 91.9 Å². The van der Waals surface area contributed by atoms with E-state index in [4.69, 9.17) is 47.8 Å². The van der Waals surface area contributed by atoms with Gasteiger partial charge in [0.25, 0.3) is 15.6 Å².